The number of nitrogens with zero attached hydrogens (tertiary/aromatic N) is 1. The van der Waals surface area contributed by atoms with Crippen molar-refractivity contribution in [2.75, 3.05) is 19.7 Å². The summed E-state index contributed by atoms with van der Waals surface area (Å²) in [6.07, 6.45) is -5.90. The second-order valence-corrected chi connectivity index (χ2v) is 6.13. The van der Waals surface area contributed by atoms with Crippen LogP contribution in [-0.4, -0.2) is 54.6 Å². The number of likely N-dealkylation sites (tertiary alicyclic amines) is 1. The van der Waals surface area contributed by atoms with Crippen LogP contribution in [0.25, 0.3) is 0 Å². The normalized spacial score (nSPS) is 21.7. The molecule has 0 saturated carbocycles. The van der Waals surface area contributed by atoms with Crippen LogP contribution in [0, 0.1) is 5.92 Å². The summed E-state index contributed by atoms with van der Waals surface area (Å²) in [6, 6.07) is 6.74. The van der Waals surface area contributed by atoms with Gasteiger partial charge in [-0.15, -0.1) is 0 Å². The molecular formula is C16H16F3N3O5. The van der Waals surface area contributed by atoms with Gasteiger partial charge in [0.05, 0.1) is 5.92 Å². The van der Waals surface area contributed by atoms with Crippen molar-refractivity contribution in [2.45, 2.75) is 18.7 Å². The largest absolute Gasteiger partial charge is 0.485 e. The van der Waals surface area contributed by atoms with Crippen LogP contribution < -0.4 is 20.3 Å². The van der Waals surface area contributed by atoms with Gasteiger partial charge in [-0.05, 0) is 12.1 Å². The lowest BCUT2D eigenvalue weighted by molar-refractivity contribution is -0.157. The van der Waals surface area contributed by atoms with Crippen molar-refractivity contribution in [3.63, 3.8) is 0 Å². The third kappa shape index (κ3) is 4.60. The molecule has 1 aromatic carbocycles. The maximum Gasteiger partial charge on any atom is 0.406 e. The van der Waals surface area contributed by atoms with Gasteiger partial charge < -0.3 is 14.4 Å². The van der Waals surface area contributed by atoms with Gasteiger partial charge in [-0.2, -0.15) is 13.2 Å². The highest BCUT2D eigenvalue weighted by molar-refractivity contribution is 5.91. The number of halogens is 3. The number of ether oxygens (including phenoxy) is 2. The Hall–Kier alpha value is -2.98. The minimum atomic E-state index is -4.54. The van der Waals surface area contributed by atoms with Gasteiger partial charge in [-0.1, -0.05) is 12.1 Å². The van der Waals surface area contributed by atoms with Crippen LogP contribution in [0.15, 0.2) is 24.3 Å². The van der Waals surface area contributed by atoms with E-state index in [1.54, 1.807) is 24.3 Å². The fourth-order valence-corrected chi connectivity index (χ4v) is 2.77. The van der Waals surface area contributed by atoms with Crippen molar-refractivity contribution in [1.29, 1.82) is 0 Å². The van der Waals surface area contributed by atoms with Crippen LogP contribution in [0.5, 0.6) is 11.5 Å². The van der Waals surface area contributed by atoms with E-state index in [2.05, 4.69) is 10.9 Å². The van der Waals surface area contributed by atoms with Gasteiger partial charge in [0.25, 0.3) is 5.91 Å². The number of para-hydroxylation sites is 2. The van der Waals surface area contributed by atoms with E-state index in [-0.39, 0.29) is 19.6 Å². The number of amides is 3. The number of benzene rings is 1. The first-order valence-electron chi connectivity index (χ1n) is 8.05. The Labute approximate surface area is 151 Å². The molecule has 1 fully saturated rings. The zero-order valence-electron chi connectivity index (χ0n) is 13.9. The highest BCUT2D eigenvalue weighted by atomic mass is 19.4. The molecular weight excluding hydrogens is 371 g/mol. The van der Waals surface area contributed by atoms with Gasteiger partial charge >= 0.3 is 6.18 Å². The molecule has 3 rings (SSSR count). The number of carbonyl (C=O) groups is 3. The van der Waals surface area contributed by atoms with Crippen LogP contribution in [0.2, 0.25) is 0 Å². The molecule has 0 aliphatic carbocycles. The molecule has 2 heterocycles. The van der Waals surface area contributed by atoms with Crippen molar-refractivity contribution in [3.05, 3.63) is 24.3 Å². The summed E-state index contributed by atoms with van der Waals surface area (Å²) in [4.78, 5) is 36.3. The predicted octanol–water partition coefficient (Wildman–Crippen LogP) is 0.385. The molecule has 2 aliphatic rings. The molecule has 11 heteroatoms. The van der Waals surface area contributed by atoms with Crippen LogP contribution in [0.4, 0.5) is 13.2 Å². The fraction of sp³-hybridized carbons (Fsp3) is 0.438. The molecule has 27 heavy (non-hydrogen) atoms. The number of hydrazine groups is 1. The first kappa shape index (κ1) is 18.8. The Morgan fingerprint density at radius 3 is 2.52 bits per heavy atom. The highest BCUT2D eigenvalue weighted by Gasteiger charge is 2.40. The van der Waals surface area contributed by atoms with Gasteiger partial charge in [-0.3, -0.25) is 25.2 Å². The molecule has 0 aromatic heterocycles. The van der Waals surface area contributed by atoms with Gasteiger partial charge in [0.2, 0.25) is 17.9 Å². The number of rotatable bonds is 3. The smallest absolute Gasteiger partial charge is 0.406 e. The summed E-state index contributed by atoms with van der Waals surface area (Å²) >= 11 is 0. The van der Waals surface area contributed by atoms with E-state index in [1.165, 1.54) is 0 Å². The highest BCUT2D eigenvalue weighted by Crippen LogP contribution is 2.30. The number of carbonyl (C=O) groups excluding carboxylic acids is 3. The van der Waals surface area contributed by atoms with Crippen LogP contribution in [0.3, 0.4) is 0 Å². The number of hydrogen-bond donors (Lipinski definition) is 2. The van der Waals surface area contributed by atoms with Crippen LogP contribution >= 0.6 is 0 Å². The minimum Gasteiger partial charge on any atom is -0.485 e. The average molecular weight is 387 g/mol. The number of nitrogens with one attached hydrogen (secondary N) is 2. The van der Waals surface area contributed by atoms with Gasteiger partial charge in [0.15, 0.2) is 11.5 Å². The average Bonchev–Trinajstić information content (AvgIpc) is 2.98. The lowest BCUT2D eigenvalue weighted by atomic mass is 10.1. The molecule has 0 bridgehead atoms. The number of fused-ring (bicyclic) bond motifs is 1. The van der Waals surface area contributed by atoms with E-state index >= 15 is 0 Å². The second kappa shape index (κ2) is 7.33. The van der Waals surface area contributed by atoms with Gasteiger partial charge in [0.1, 0.15) is 13.2 Å². The first-order chi connectivity index (χ1) is 12.7. The predicted molar refractivity (Wildman–Crippen MR) is 83.4 cm³/mol. The maximum absolute atomic E-state index is 12.4. The van der Waals surface area contributed by atoms with Crippen LogP contribution in [-0.2, 0) is 14.4 Å². The summed E-state index contributed by atoms with van der Waals surface area (Å²) in [6.45, 7) is -1.84. The zero-order valence-corrected chi connectivity index (χ0v) is 13.9. The Morgan fingerprint density at radius 2 is 1.81 bits per heavy atom. The summed E-state index contributed by atoms with van der Waals surface area (Å²) in [7, 11) is 0. The van der Waals surface area contributed by atoms with Gasteiger partial charge in [-0.25, -0.2) is 0 Å². The van der Waals surface area contributed by atoms with E-state index in [0.717, 1.165) is 0 Å². The molecule has 8 nitrogen and oxygen atoms in total. The summed E-state index contributed by atoms with van der Waals surface area (Å²) in [5.41, 5.74) is 4.26. The molecule has 2 unspecified atom stereocenters. The van der Waals surface area contributed by atoms with Crippen molar-refractivity contribution in [3.8, 4) is 11.5 Å². The lowest BCUT2D eigenvalue weighted by Gasteiger charge is -2.25. The molecule has 2 aliphatic heterocycles. The molecule has 2 N–H and O–H groups in total. The standard InChI is InChI=1S/C16H16F3N3O5/c17-16(18,19)8-22-6-9(5-13(22)23)14(24)20-21-15(25)12-7-26-10-3-1-2-4-11(10)27-12/h1-4,9,12H,5-8H2,(H,20,24)(H,21,25). The summed E-state index contributed by atoms with van der Waals surface area (Å²) in [5.74, 6) is -2.32. The Balaban J connectivity index is 1.48. The van der Waals surface area contributed by atoms with Crippen molar-refractivity contribution < 1.29 is 37.0 Å². The SMILES string of the molecule is O=C(NNC(=O)C1COc2ccccc2O1)C1CC(=O)N(CC(F)(F)F)C1. The third-order valence-electron chi connectivity index (χ3n) is 4.07. The lowest BCUT2D eigenvalue weighted by Crippen LogP contribution is -2.52. The number of hydrogen-bond acceptors (Lipinski definition) is 5. The first-order valence-corrected chi connectivity index (χ1v) is 8.05. The topological polar surface area (TPSA) is 97.0 Å². The minimum absolute atomic E-state index is 0.0695. The van der Waals surface area contributed by atoms with Gasteiger partial charge in [0, 0.05) is 13.0 Å². The van der Waals surface area contributed by atoms with E-state index in [4.69, 9.17) is 9.47 Å². The third-order valence-corrected chi connectivity index (χ3v) is 4.07. The Bertz CT molecular complexity index is 755. The molecule has 0 spiro atoms. The molecule has 3 amide bonds. The van der Waals surface area contributed by atoms with Crippen molar-refractivity contribution in [1.82, 2.24) is 15.8 Å². The monoisotopic (exact) mass is 387 g/mol. The van der Waals surface area contributed by atoms with E-state index in [9.17, 15) is 27.6 Å². The van der Waals surface area contributed by atoms with E-state index in [1.807, 2.05) is 0 Å². The molecule has 1 saturated heterocycles. The molecule has 1 aromatic rings. The fourth-order valence-electron chi connectivity index (χ4n) is 2.77. The van der Waals surface area contributed by atoms with E-state index in [0.29, 0.717) is 16.4 Å². The maximum atomic E-state index is 12.4. The van der Waals surface area contributed by atoms with Crippen LogP contribution in [0.1, 0.15) is 6.42 Å². The van der Waals surface area contributed by atoms with Crippen molar-refractivity contribution >= 4 is 17.7 Å². The van der Waals surface area contributed by atoms with Crippen molar-refractivity contribution in [2.24, 2.45) is 5.92 Å². The number of alkyl halides is 3. The molecule has 2 atom stereocenters. The molecule has 0 radical (unpaired) electrons. The summed E-state index contributed by atoms with van der Waals surface area (Å²) < 4.78 is 48.0. The second-order valence-electron chi connectivity index (χ2n) is 6.13. The van der Waals surface area contributed by atoms with E-state index < -0.39 is 42.5 Å². The summed E-state index contributed by atoms with van der Waals surface area (Å²) in [5, 5.41) is 0. The molecule has 146 valence electrons. The quantitative estimate of drug-likeness (QED) is 0.732. The Kier molecular flexibility index (Phi) is 5.10. The zero-order chi connectivity index (χ0) is 19.6. The Morgan fingerprint density at radius 1 is 1.15 bits per heavy atom.